The van der Waals surface area contributed by atoms with Crippen molar-refractivity contribution < 1.29 is 22.7 Å². The van der Waals surface area contributed by atoms with Crippen LogP contribution in [0.3, 0.4) is 0 Å². The van der Waals surface area contributed by atoms with Gasteiger partial charge in [0.05, 0.1) is 17.4 Å². The molecule has 4 rings (SSSR count). The van der Waals surface area contributed by atoms with Crippen molar-refractivity contribution in [2.45, 2.75) is 50.7 Å². The zero-order chi connectivity index (χ0) is 20.8. The summed E-state index contributed by atoms with van der Waals surface area (Å²) in [6, 6.07) is 8.45. The molecule has 2 aromatic carbocycles. The molecule has 0 radical (unpaired) electrons. The van der Waals surface area contributed by atoms with Crippen LogP contribution < -0.4 is 19.5 Å². The summed E-state index contributed by atoms with van der Waals surface area (Å²) in [5.41, 5.74) is 3.13. The molecule has 8 heteroatoms. The van der Waals surface area contributed by atoms with E-state index in [1.54, 1.807) is 19.1 Å². The summed E-state index contributed by atoms with van der Waals surface area (Å²) in [5.74, 6) is 0.923. The van der Waals surface area contributed by atoms with Gasteiger partial charge in [0.25, 0.3) is 0 Å². The highest BCUT2D eigenvalue weighted by Gasteiger charge is 2.28. The Morgan fingerprint density at radius 3 is 2.79 bits per heavy atom. The van der Waals surface area contributed by atoms with Gasteiger partial charge in [-0.15, -0.1) is 0 Å². The van der Waals surface area contributed by atoms with Crippen molar-refractivity contribution in [2.24, 2.45) is 0 Å². The Labute approximate surface area is 170 Å². The molecule has 0 unspecified atom stereocenters. The van der Waals surface area contributed by atoms with E-state index in [1.165, 1.54) is 6.07 Å². The Morgan fingerprint density at radius 1 is 1.24 bits per heavy atom. The third-order valence-electron chi connectivity index (χ3n) is 5.28. The normalized spacial score (nSPS) is 20.0. The molecule has 7 nitrogen and oxygen atoms in total. The second-order valence-corrected chi connectivity index (χ2v) is 9.18. The van der Waals surface area contributed by atoms with Gasteiger partial charge in [-0.25, -0.2) is 13.1 Å². The molecule has 0 fully saturated rings. The monoisotopic (exact) mass is 416 g/mol. The van der Waals surface area contributed by atoms with Gasteiger partial charge in [0.2, 0.25) is 15.9 Å². The molecule has 2 aliphatic heterocycles. The molecule has 1 amide bonds. The van der Waals surface area contributed by atoms with E-state index in [1.807, 2.05) is 26.0 Å². The number of hydrogen-bond donors (Lipinski definition) is 2. The quantitative estimate of drug-likeness (QED) is 0.755. The number of rotatable bonds is 6. The molecule has 2 atom stereocenters. The number of ether oxygens (including phenoxy) is 2. The standard InChI is InChI=1S/C21H24N2O5S/c1-4-27-19-8-14-7-12(2)28-20(14)9-15(19)11-22-29(25,26)16-5-6-18-17(10-16)13(3)21(24)23-18/h5-6,8-10,12-13,22H,4,7,11H2,1-3H3,(H,23,24)/t12-,13-/m1/s1. The van der Waals surface area contributed by atoms with E-state index >= 15 is 0 Å². The van der Waals surface area contributed by atoms with E-state index in [-0.39, 0.29) is 29.4 Å². The van der Waals surface area contributed by atoms with Crippen molar-refractivity contribution in [1.29, 1.82) is 0 Å². The Hall–Kier alpha value is -2.58. The first-order valence-electron chi connectivity index (χ1n) is 9.68. The predicted octanol–water partition coefficient (Wildman–Crippen LogP) is 2.94. The van der Waals surface area contributed by atoms with Crippen LogP contribution in [0.25, 0.3) is 0 Å². The summed E-state index contributed by atoms with van der Waals surface area (Å²) in [5, 5.41) is 2.75. The number of hydrogen-bond acceptors (Lipinski definition) is 5. The van der Waals surface area contributed by atoms with Crippen LogP contribution in [0.2, 0.25) is 0 Å². The lowest BCUT2D eigenvalue weighted by molar-refractivity contribution is -0.116. The Balaban J connectivity index is 1.58. The molecule has 2 aromatic rings. The lowest BCUT2D eigenvalue weighted by atomic mass is 10.0. The van der Waals surface area contributed by atoms with Gasteiger partial charge >= 0.3 is 0 Å². The fourth-order valence-corrected chi connectivity index (χ4v) is 4.77. The maximum Gasteiger partial charge on any atom is 0.240 e. The maximum atomic E-state index is 12.9. The molecular weight excluding hydrogens is 392 g/mol. The van der Waals surface area contributed by atoms with E-state index in [9.17, 15) is 13.2 Å². The van der Waals surface area contributed by atoms with Crippen molar-refractivity contribution in [1.82, 2.24) is 4.72 Å². The highest BCUT2D eigenvalue weighted by Crippen LogP contribution is 2.36. The molecule has 0 saturated heterocycles. The minimum Gasteiger partial charge on any atom is -0.494 e. The molecule has 0 saturated carbocycles. The SMILES string of the molecule is CCOc1cc2c(cc1CNS(=O)(=O)c1ccc3c(c1)[C@@H](C)C(=O)N3)O[C@H](C)C2. The first-order chi connectivity index (χ1) is 13.8. The van der Waals surface area contributed by atoms with Crippen molar-refractivity contribution in [3.05, 3.63) is 47.0 Å². The summed E-state index contributed by atoms with van der Waals surface area (Å²) in [7, 11) is -3.76. The molecule has 154 valence electrons. The summed E-state index contributed by atoms with van der Waals surface area (Å²) in [4.78, 5) is 11.9. The number of fused-ring (bicyclic) bond motifs is 2. The molecule has 2 N–H and O–H groups in total. The first-order valence-corrected chi connectivity index (χ1v) is 11.2. The van der Waals surface area contributed by atoms with Gasteiger partial charge in [-0.2, -0.15) is 0 Å². The Bertz CT molecular complexity index is 1080. The number of amides is 1. The largest absolute Gasteiger partial charge is 0.494 e. The van der Waals surface area contributed by atoms with Crippen LogP contribution in [0.5, 0.6) is 11.5 Å². The van der Waals surface area contributed by atoms with Crippen LogP contribution in [-0.2, 0) is 27.8 Å². The minimum absolute atomic E-state index is 0.0759. The van der Waals surface area contributed by atoms with Gasteiger partial charge in [0.15, 0.2) is 0 Å². The zero-order valence-corrected chi connectivity index (χ0v) is 17.4. The predicted molar refractivity (Wildman–Crippen MR) is 109 cm³/mol. The van der Waals surface area contributed by atoms with Gasteiger partial charge in [0.1, 0.15) is 17.6 Å². The number of sulfonamides is 1. The summed E-state index contributed by atoms with van der Waals surface area (Å²) in [6.07, 6.45) is 0.901. The van der Waals surface area contributed by atoms with E-state index in [0.29, 0.717) is 23.6 Å². The molecule has 2 heterocycles. The average Bonchev–Trinajstić information content (AvgIpc) is 3.18. The second-order valence-electron chi connectivity index (χ2n) is 7.42. The summed E-state index contributed by atoms with van der Waals surface area (Å²) >= 11 is 0. The van der Waals surface area contributed by atoms with Crippen molar-refractivity contribution in [3.8, 4) is 11.5 Å². The second kappa shape index (κ2) is 7.35. The van der Waals surface area contributed by atoms with Gasteiger partial charge < -0.3 is 14.8 Å². The lowest BCUT2D eigenvalue weighted by Crippen LogP contribution is -2.23. The molecule has 29 heavy (non-hydrogen) atoms. The highest BCUT2D eigenvalue weighted by atomic mass is 32.2. The van der Waals surface area contributed by atoms with Crippen LogP contribution in [-0.4, -0.2) is 27.0 Å². The number of benzene rings is 2. The molecular formula is C21H24N2O5S. The third kappa shape index (κ3) is 3.70. The van der Waals surface area contributed by atoms with Crippen molar-refractivity contribution in [3.63, 3.8) is 0 Å². The zero-order valence-electron chi connectivity index (χ0n) is 16.6. The lowest BCUT2D eigenvalue weighted by Gasteiger charge is -2.14. The van der Waals surface area contributed by atoms with E-state index in [2.05, 4.69) is 10.0 Å². The van der Waals surface area contributed by atoms with Crippen LogP contribution in [0, 0.1) is 0 Å². The van der Waals surface area contributed by atoms with Gasteiger partial charge in [-0.1, -0.05) is 0 Å². The fourth-order valence-electron chi connectivity index (χ4n) is 3.73. The molecule has 0 spiro atoms. The van der Waals surface area contributed by atoms with Crippen LogP contribution in [0.15, 0.2) is 35.2 Å². The maximum absolute atomic E-state index is 12.9. The number of nitrogens with one attached hydrogen (secondary N) is 2. The minimum atomic E-state index is -3.76. The van der Waals surface area contributed by atoms with Crippen LogP contribution in [0.1, 0.15) is 43.4 Å². The number of carbonyl (C=O) groups is 1. The van der Waals surface area contributed by atoms with E-state index < -0.39 is 10.0 Å². The van der Waals surface area contributed by atoms with Gasteiger partial charge in [-0.05, 0) is 56.7 Å². The van der Waals surface area contributed by atoms with Crippen molar-refractivity contribution >= 4 is 21.6 Å². The Morgan fingerprint density at radius 2 is 2.03 bits per heavy atom. The van der Waals surface area contributed by atoms with Gasteiger partial charge in [-0.3, -0.25) is 4.79 Å². The van der Waals surface area contributed by atoms with Crippen molar-refractivity contribution in [2.75, 3.05) is 11.9 Å². The molecule has 2 aliphatic rings. The van der Waals surface area contributed by atoms with E-state index in [4.69, 9.17) is 9.47 Å². The Kier molecular flexibility index (Phi) is 5.00. The number of anilines is 1. The summed E-state index contributed by atoms with van der Waals surface area (Å²) in [6.45, 7) is 6.20. The smallest absolute Gasteiger partial charge is 0.240 e. The highest BCUT2D eigenvalue weighted by molar-refractivity contribution is 7.89. The molecule has 0 bridgehead atoms. The third-order valence-corrected chi connectivity index (χ3v) is 6.68. The topological polar surface area (TPSA) is 93.7 Å². The first kappa shape index (κ1) is 19.7. The van der Waals surface area contributed by atoms with Gasteiger partial charge in [0, 0.05) is 29.8 Å². The number of carbonyl (C=O) groups excluding carboxylic acids is 1. The van der Waals surface area contributed by atoms with Crippen LogP contribution in [0.4, 0.5) is 5.69 Å². The van der Waals surface area contributed by atoms with E-state index in [0.717, 1.165) is 23.3 Å². The molecule has 0 aliphatic carbocycles. The molecule has 0 aromatic heterocycles. The average molecular weight is 416 g/mol. The van der Waals surface area contributed by atoms with Crippen LogP contribution >= 0.6 is 0 Å². The fraction of sp³-hybridized carbons (Fsp3) is 0.381. The summed E-state index contributed by atoms with van der Waals surface area (Å²) < 4.78 is 39.9.